The summed E-state index contributed by atoms with van der Waals surface area (Å²) in [6, 6.07) is 6.48. The highest BCUT2D eigenvalue weighted by Crippen LogP contribution is 2.34. The van der Waals surface area contributed by atoms with Crippen LogP contribution in [0.1, 0.15) is 42.4 Å². The Morgan fingerprint density at radius 3 is 2.44 bits per heavy atom. The molecule has 1 nitrogen and oxygen atoms in total. The first kappa shape index (κ1) is 11.7. The van der Waals surface area contributed by atoms with Crippen LogP contribution in [0.15, 0.2) is 18.2 Å². The number of aliphatic hydroxyl groups is 1. The second-order valence-electron chi connectivity index (χ2n) is 5.17. The molecule has 0 amide bonds. The zero-order valence-electron chi connectivity index (χ0n) is 10.4. The van der Waals surface area contributed by atoms with E-state index in [0.717, 1.165) is 19.3 Å². The molecule has 0 bridgehead atoms. The highest BCUT2D eigenvalue weighted by Gasteiger charge is 2.28. The predicted molar refractivity (Wildman–Crippen MR) is 67.6 cm³/mol. The van der Waals surface area contributed by atoms with Gasteiger partial charge in [-0.1, -0.05) is 18.2 Å². The maximum Gasteiger partial charge on any atom is 0.0568 e. The minimum Gasteiger partial charge on any atom is -0.393 e. The van der Waals surface area contributed by atoms with Crippen LogP contribution in [0.2, 0.25) is 0 Å². The van der Waals surface area contributed by atoms with Gasteiger partial charge in [-0.3, -0.25) is 0 Å². The van der Waals surface area contributed by atoms with Crippen molar-refractivity contribution in [3.8, 4) is 0 Å². The van der Waals surface area contributed by atoms with Crippen molar-refractivity contribution >= 4 is 0 Å². The van der Waals surface area contributed by atoms with Crippen molar-refractivity contribution in [1.82, 2.24) is 0 Å². The van der Waals surface area contributed by atoms with E-state index in [1.54, 1.807) is 0 Å². The lowest BCUT2D eigenvalue weighted by molar-refractivity contribution is 0.139. The van der Waals surface area contributed by atoms with E-state index in [4.69, 9.17) is 0 Å². The van der Waals surface area contributed by atoms with Gasteiger partial charge in [0.1, 0.15) is 0 Å². The third-order valence-electron chi connectivity index (χ3n) is 3.74. The Bertz CT molecular complexity index is 332. The minimum absolute atomic E-state index is 0.0377. The molecule has 16 heavy (non-hydrogen) atoms. The first-order chi connectivity index (χ1) is 7.68. The zero-order chi connectivity index (χ0) is 11.5. The Kier molecular flexibility index (Phi) is 3.65. The smallest absolute Gasteiger partial charge is 0.0568 e. The van der Waals surface area contributed by atoms with E-state index in [0.29, 0.717) is 5.92 Å². The highest BCUT2D eigenvalue weighted by atomic mass is 16.3. The van der Waals surface area contributed by atoms with Crippen LogP contribution in [-0.2, 0) is 6.42 Å². The molecular formula is C15H22O. The fourth-order valence-corrected chi connectivity index (χ4v) is 2.45. The molecule has 1 aliphatic carbocycles. The molecular weight excluding hydrogens is 196 g/mol. The van der Waals surface area contributed by atoms with Crippen LogP contribution in [0.3, 0.4) is 0 Å². The van der Waals surface area contributed by atoms with E-state index in [9.17, 15) is 5.11 Å². The van der Waals surface area contributed by atoms with Crippen LogP contribution in [0, 0.1) is 19.8 Å². The van der Waals surface area contributed by atoms with Gasteiger partial charge in [0.2, 0.25) is 0 Å². The monoisotopic (exact) mass is 218 g/mol. The number of hydrogen-bond donors (Lipinski definition) is 1. The lowest BCUT2D eigenvalue weighted by Gasteiger charge is -2.12. The van der Waals surface area contributed by atoms with Gasteiger partial charge >= 0.3 is 0 Å². The van der Waals surface area contributed by atoms with Crippen molar-refractivity contribution in [2.75, 3.05) is 0 Å². The van der Waals surface area contributed by atoms with Crippen molar-refractivity contribution in [3.05, 3.63) is 34.9 Å². The van der Waals surface area contributed by atoms with Crippen molar-refractivity contribution in [1.29, 1.82) is 0 Å². The second-order valence-corrected chi connectivity index (χ2v) is 5.17. The molecule has 0 aromatic heterocycles. The summed E-state index contributed by atoms with van der Waals surface area (Å²) in [5.74, 6) is 0.623. The number of hydrogen-bond acceptors (Lipinski definition) is 1. The summed E-state index contributed by atoms with van der Waals surface area (Å²) in [7, 11) is 0. The number of aliphatic hydroxyl groups excluding tert-OH is 1. The summed E-state index contributed by atoms with van der Waals surface area (Å²) in [6.07, 6.45) is 5.64. The van der Waals surface area contributed by atoms with Gasteiger partial charge in [0.15, 0.2) is 0 Å². The molecule has 2 rings (SSSR count). The maximum absolute atomic E-state index is 9.81. The van der Waals surface area contributed by atoms with Crippen LogP contribution < -0.4 is 0 Å². The standard InChI is InChI=1S/C15H22O/c1-11-5-3-6-12(2)14(11)7-4-8-15(16)13-9-10-13/h3,5-6,13,15-16H,4,7-10H2,1-2H3. The van der Waals surface area contributed by atoms with Crippen molar-refractivity contribution < 1.29 is 5.11 Å². The molecule has 1 unspecified atom stereocenters. The Labute approximate surface area is 98.5 Å². The van der Waals surface area contributed by atoms with Crippen molar-refractivity contribution in [3.63, 3.8) is 0 Å². The van der Waals surface area contributed by atoms with Crippen LogP contribution in [0.4, 0.5) is 0 Å². The largest absolute Gasteiger partial charge is 0.393 e. The summed E-state index contributed by atoms with van der Waals surface area (Å²) in [6.45, 7) is 4.36. The fourth-order valence-electron chi connectivity index (χ4n) is 2.45. The summed E-state index contributed by atoms with van der Waals surface area (Å²) < 4.78 is 0. The van der Waals surface area contributed by atoms with E-state index in [1.807, 2.05) is 0 Å². The summed E-state index contributed by atoms with van der Waals surface area (Å²) in [4.78, 5) is 0. The minimum atomic E-state index is -0.0377. The molecule has 1 N–H and O–H groups in total. The molecule has 1 heteroatoms. The van der Waals surface area contributed by atoms with E-state index in [1.165, 1.54) is 29.5 Å². The van der Waals surface area contributed by atoms with Crippen LogP contribution in [-0.4, -0.2) is 11.2 Å². The molecule has 1 atom stereocenters. The quantitative estimate of drug-likeness (QED) is 0.803. The summed E-state index contributed by atoms with van der Waals surface area (Å²) in [5, 5.41) is 9.81. The molecule has 88 valence electrons. The van der Waals surface area contributed by atoms with Crippen molar-refractivity contribution in [2.45, 2.75) is 52.1 Å². The van der Waals surface area contributed by atoms with Gasteiger partial charge in [0.05, 0.1) is 6.10 Å². The summed E-state index contributed by atoms with van der Waals surface area (Å²) in [5.41, 5.74) is 4.26. The van der Waals surface area contributed by atoms with Gasteiger partial charge in [-0.15, -0.1) is 0 Å². The van der Waals surface area contributed by atoms with Gasteiger partial charge in [-0.05, 0) is 68.6 Å². The molecule has 0 spiro atoms. The first-order valence-electron chi connectivity index (χ1n) is 6.41. The number of benzene rings is 1. The Hall–Kier alpha value is -0.820. The zero-order valence-corrected chi connectivity index (χ0v) is 10.4. The van der Waals surface area contributed by atoms with Gasteiger partial charge in [-0.2, -0.15) is 0 Å². The number of aryl methyl sites for hydroxylation is 2. The predicted octanol–water partition coefficient (Wildman–Crippen LogP) is 3.40. The Morgan fingerprint density at radius 2 is 1.88 bits per heavy atom. The second kappa shape index (κ2) is 5.01. The fraction of sp³-hybridized carbons (Fsp3) is 0.600. The molecule has 1 aromatic rings. The first-order valence-corrected chi connectivity index (χ1v) is 6.41. The normalized spacial score (nSPS) is 17.4. The van der Waals surface area contributed by atoms with E-state index >= 15 is 0 Å². The molecule has 0 aliphatic heterocycles. The van der Waals surface area contributed by atoms with E-state index < -0.39 is 0 Å². The van der Waals surface area contributed by atoms with Gasteiger partial charge in [0.25, 0.3) is 0 Å². The maximum atomic E-state index is 9.81. The van der Waals surface area contributed by atoms with E-state index in [2.05, 4.69) is 32.0 Å². The molecule has 1 fully saturated rings. The average molecular weight is 218 g/mol. The molecule has 1 aliphatic rings. The lowest BCUT2D eigenvalue weighted by atomic mass is 9.96. The van der Waals surface area contributed by atoms with Gasteiger partial charge in [-0.25, -0.2) is 0 Å². The van der Waals surface area contributed by atoms with Crippen LogP contribution >= 0.6 is 0 Å². The van der Waals surface area contributed by atoms with Gasteiger partial charge < -0.3 is 5.11 Å². The molecule has 0 heterocycles. The Balaban J connectivity index is 1.84. The molecule has 0 saturated heterocycles. The third kappa shape index (κ3) is 2.85. The van der Waals surface area contributed by atoms with E-state index in [-0.39, 0.29) is 6.10 Å². The average Bonchev–Trinajstić information content (AvgIpc) is 3.05. The van der Waals surface area contributed by atoms with Crippen LogP contribution in [0.25, 0.3) is 0 Å². The third-order valence-corrected chi connectivity index (χ3v) is 3.74. The Morgan fingerprint density at radius 1 is 1.25 bits per heavy atom. The molecule has 1 saturated carbocycles. The molecule has 0 radical (unpaired) electrons. The summed E-state index contributed by atoms with van der Waals surface area (Å²) >= 11 is 0. The van der Waals surface area contributed by atoms with Crippen molar-refractivity contribution in [2.24, 2.45) is 5.92 Å². The topological polar surface area (TPSA) is 20.2 Å². The van der Waals surface area contributed by atoms with Crippen LogP contribution in [0.5, 0.6) is 0 Å². The SMILES string of the molecule is Cc1cccc(C)c1CCCC(O)C1CC1. The number of rotatable bonds is 5. The van der Waals surface area contributed by atoms with Gasteiger partial charge in [0, 0.05) is 0 Å². The highest BCUT2D eigenvalue weighted by molar-refractivity contribution is 5.33. The molecule has 1 aromatic carbocycles. The lowest BCUT2D eigenvalue weighted by Crippen LogP contribution is -2.09.